The van der Waals surface area contributed by atoms with Gasteiger partial charge in [-0.3, -0.25) is 9.59 Å². The number of rotatable bonds is 7. The number of benzene rings is 2. The number of sulfonamides is 1. The zero-order valence-corrected chi connectivity index (χ0v) is 22.2. The van der Waals surface area contributed by atoms with Crippen molar-refractivity contribution in [3.05, 3.63) is 71.4 Å². The number of piperazine rings is 1. The second-order valence-corrected chi connectivity index (χ2v) is 11.1. The first kappa shape index (κ1) is 28.8. The van der Waals surface area contributed by atoms with E-state index in [2.05, 4.69) is 10.2 Å². The van der Waals surface area contributed by atoms with E-state index in [4.69, 9.17) is 0 Å². The molecule has 0 aliphatic carbocycles. The van der Waals surface area contributed by atoms with E-state index >= 15 is 0 Å². The fourth-order valence-electron chi connectivity index (χ4n) is 4.22. The maximum atomic E-state index is 13.1. The number of hydrogen-bond acceptors (Lipinski definition) is 8. The third-order valence-corrected chi connectivity index (χ3v) is 7.54. The zero-order valence-electron chi connectivity index (χ0n) is 21.3. The summed E-state index contributed by atoms with van der Waals surface area (Å²) in [5.74, 6) is -2.03. The number of carbonyl (C=O) groups excluding carboxylic acids is 2. The molecule has 2 amide bonds. The molecule has 3 aromatic rings. The molecule has 1 aromatic heterocycles. The van der Waals surface area contributed by atoms with Crippen molar-refractivity contribution in [1.82, 2.24) is 19.8 Å². The first-order valence-corrected chi connectivity index (χ1v) is 13.9. The van der Waals surface area contributed by atoms with E-state index in [1.165, 1.54) is 12.1 Å². The fraction of sp³-hybridized carbons (Fsp3) is 0.308. The van der Waals surface area contributed by atoms with E-state index in [0.717, 1.165) is 16.7 Å². The molecule has 0 bridgehead atoms. The van der Waals surface area contributed by atoms with Gasteiger partial charge in [0, 0.05) is 31.7 Å². The molecule has 4 rings (SSSR count). The summed E-state index contributed by atoms with van der Waals surface area (Å²) in [7, 11) is -4.50. The van der Waals surface area contributed by atoms with Gasteiger partial charge in [-0.1, -0.05) is 18.2 Å². The van der Waals surface area contributed by atoms with Crippen LogP contribution in [0.2, 0.25) is 0 Å². The second kappa shape index (κ2) is 11.5. The number of carbonyl (C=O) groups is 2. The molecule has 1 aliphatic rings. The Morgan fingerprint density at radius 1 is 1.00 bits per heavy atom. The van der Waals surface area contributed by atoms with Gasteiger partial charge in [0.25, 0.3) is 11.8 Å². The predicted molar refractivity (Wildman–Crippen MR) is 140 cm³/mol. The Hall–Kier alpha value is -4.20. The monoisotopic (exact) mass is 577 g/mol. The summed E-state index contributed by atoms with van der Waals surface area (Å²) in [4.78, 5) is 28.8. The molecular weight excluding hydrogens is 551 g/mol. The summed E-state index contributed by atoms with van der Waals surface area (Å²) in [6.45, 7) is 3.55. The molecule has 0 spiro atoms. The highest BCUT2D eigenvalue weighted by Crippen LogP contribution is 2.27. The highest BCUT2D eigenvalue weighted by molar-refractivity contribution is 7.90. The van der Waals surface area contributed by atoms with Crippen LogP contribution in [0.1, 0.15) is 32.8 Å². The normalized spacial score (nSPS) is 14.2. The molecule has 1 fully saturated rings. The number of amides is 2. The van der Waals surface area contributed by atoms with E-state index in [1.54, 1.807) is 33.9 Å². The Bertz CT molecular complexity index is 1510. The van der Waals surface area contributed by atoms with Gasteiger partial charge in [-0.25, -0.2) is 13.1 Å². The fourth-order valence-corrected chi connectivity index (χ4v) is 5.21. The van der Waals surface area contributed by atoms with Crippen LogP contribution in [0, 0.1) is 6.92 Å². The standard InChI is InChI=1S/C26H26F3N5O5S/c1-17-15-19(5-6-21(17)18-3-2-4-20(35)16-18)25(37)34-12-10-33(11-13-34)23-8-7-22(30-31-23)24(36)32-40(38,39)14-9-26(27,28)29/h2-8,15-16,35H,9-14H2,1H3,(H,32,36). The van der Waals surface area contributed by atoms with Gasteiger partial charge in [0.1, 0.15) is 5.75 Å². The molecule has 10 nitrogen and oxygen atoms in total. The van der Waals surface area contributed by atoms with Crippen molar-refractivity contribution in [2.45, 2.75) is 19.5 Å². The van der Waals surface area contributed by atoms with Crippen LogP contribution in [-0.2, 0) is 10.0 Å². The lowest BCUT2D eigenvalue weighted by molar-refractivity contribution is -0.130. The second-order valence-electron chi connectivity index (χ2n) is 9.25. The van der Waals surface area contributed by atoms with Crippen LogP contribution in [0.25, 0.3) is 11.1 Å². The van der Waals surface area contributed by atoms with Crippen molar-refractivity contribution < 1.29 is 36.3 Å². The van der Waals surface area contributed by atoms with Crippen molar-refractivity contribution in [2.24, 2.45) is 0 Å². The van der Waals surface area contributed by atoms with Crippen molar-refractivity contribution >= 4 is 27.7 Å². The van der Waals surface area contributed by atoms with Crippen LogP contribution in [0.4, 0.5) is 19.0 Å². The van der Waals surface area contributed by atoms with Crippen LogP contribution in [0.5, 0.6) is 5.75 Å². The Labute approximate surface area is 228 Å². The van der Waals surface area contributed by atoms with Crippen molar-refractivity contribution in [3.8, 4) is 16.9 Å². The lowest BCUT2D eigenvalue weighted by atomic mass is 9.98. The van der Waals surface area contributed by atoms with Crippen LogP contribution in [-0.4, -0.2) is 78.5 Å². The van der Waals surface area contributed by atoms with Gasteiger partial charge < -0.3 is 14.9 Å². The number of nitrogens with one attached hydrogen (secondary N) is 1. The number of halogens is 3. The van der Waals surface area contributed by atoms with E-state index in [1.807, 2.05) is 30.0 Å². The summed E-state index contributed by atoms with van der Waals surface area (Å²) < 4.78 is 61.9. The van der Waals surface area contributed by atoms with Gasteiger partial charge in [-0.05, 0) is 60.0 Å². The maximum Gasteiger partial charge on any atom is 0.390 e. The molecule has 212 valence electrons. The molecule has 0 atom stereocenters. The number of hydrogen-bond donors (Lipinski definition) is 2. The van der Waals surface area contributed by atoms with E-state index in [-0.39, 0.29) is 17.4 Å². The summed E-state index contributed by atoms with van der Waals surface area (Å²) in [5.41, 5.74) is 2.82. The average Bonchev–Trinajstić information content (AvgIpc) is 2.91. The number of aromatic nitrogens is 2. The largest absolute Gasteiger partial charge is 0.508 e. The van der Waals surface area contributed by atoms with E-state index in [9.17, 15) is 36.3 Å². The Kier molecular flexibility index (Phi) is 8.28. The lowest BCUT2D eigenvalue weighted by Gasteiger charge is -2.35. The summed E-state index contributed by atoms with van der Waals surface area (Å²) in [5, 5.41) is 17.4. The quantitative estimate of drug-likeness (QED) is 0.438. The molecule has 2 aromatic carbocycles. The van der Waals surface area contributed by atoms with Gasteiger partial charge in [0.05, 0.1) is 12.2 Å². The first-order chi connectivity index (χ1) is 18.8. The number of anilines is 1. The molecular formula is C26H26F3N5O5S. The summed E-state index contributed by atoms with van der Waals surface area (Å²) >= 11 is 0. The van der Waals surface area contributed by atoms with Gasteiger partial charge in [0.15, 0.2) is 11.5 Å². The minimum Gasteiger partial charge on any atom is -0.508 e. The highest BCUT2D eigenvalue weighted by atomic mass is 32.2. The van der Waals surface area contributed by atoms with Crippen LogP contribution < -0.4 is 9.62 Å². The molecule has 14 heteroatoms. The summed E-state index contributed by atoms with van der Waals surface area (Å²) in [6.07, 6.45) is -6.26. The van der Waals surface area contributed by atoms with Crippen LogP contribution in [0.15, 0.2) is 54.6 Å². The predicted octanol–water partition coefficient (Wildman–Crippen LogP) is 3.13. The highest BCUT2D eigenvalue weighted by Gasteiger charge is 2.31. The van der Waals surface area contributed by atoms with Crippen molar-refractivity contribution in [1.29, 1.82) is 0 Å². The van der Waals surface area contributed by atoms with Crippen LogP contribution >= 0.6 is 0 Å². The number of nitrogens with zero attached hydrogens (tertiary/aromatic N) is 4. The number of alkyl halides is 3. The molecule has 40 heavy (non-hydrogen) atoms. The minimum absolute atomic E-state index is 0.130. The van der Waals surface area contributed by atoms with E-state index < -0.39 is 34.3 Å². The van der Waals surface area contributed by atoms with Gasteiger partial charge in [-0.2, -0.15) is 13.2 Å². The summed E-state index contributed by atoms with van der Waals surface area (Å²) in [6, 6.07) is 15.0. The molecule has 0 unspecified atom stereocenters. The van der Waals surface area contributed by atoms with Crippen molar-refractivity contribution in [3.63, 3.8) is 0 Å². The number of aromatic hydroxyl groups is 1. The molecule has 1 saturated heterocycles. The molecule has 2 N–H and O–H groups in total. The average molecular weight is 578 g/mol. The smallest absolute Gasteiger partial charge is 0.390 e. The molecule has 1 aliphatic heterocycles. The van der Waals surface area contributed by atoms with E-state index in [0.29, 0.717) is 37.6 Å². The Morgan fingerprint density at radius 2 is 1.73 bits per heavy atom. The SMILES string of the molecule is Cc1cc(C(=O)N2CCN(c3ccc(C(=O)NS(=O)(=O)CCC(F)(F)F)nn3)CC2)ccc1-c1cccc(O)c1. The van der Waals surface area contributed by atoms with Crippen molar-refractivity contribution in [2.75, 3.05) is 36.8 Å². The Morgan fingerprint density at radius 3 is 2.33 bits per heavy atom. The minimum atomic E-state index is -4.68. The molecule has 0 radical (unpaired) electrons. The van der Waals surface area contributed by atoms with Gasteiger partial charge in [-0.15, -0.1) is 10.2 Å². The molecule has 0 saturated carbocycles. The Balaban J connectivity index is 1.33. The third kappa shape index (κ3) is 7.25. The topological polar surface area (TPSA) is 133 Å². The first-order valence-electron chi connectivity index (χ1n) is 12.2. The number of aryl methyl sites for hydroxylation is 1. The lowest BCUT2D eigenvalue weighted by Crippen LogP contribution is -2.49. The number of phenols is 1. The third-order valence-electron chi connectivity index (χ3n) is 6.31. The molecule has 2 heterocycles. The van der Waals surface area contributed by atoms with Gasteiger partial charge >= 0.3 is 6.18 Å². The van der Waals surface area contributed by atoms with Gasteiger partial charge in [0.2, 0.25) is 10.0 Å². The number of phenolic OH excluding ortho intramolecular Hbond substituents is 1. The maximum absolute atomic E-state index is 13.1. The van der Waals surface area contributed by atoms with Crippen LogP contribution in [0.3, 0.4) is 0 Å². The zero-order chi connectivity index (χ0) is 29.1.